The first-order chi connectivity index (χ1) is 18.5. The van der Waals surface area contributed by atoms with Crippen LogP contribution in [0.4, 0.5) is 0 Å². The summed E-state index contributed by atoms with van der Waals surface area (Å²) in [6, 6.07) is 0. The van der Waals surface area contributed by atoms with E-state index in [-0.39, 0.29) is 24.5 Å². The lowest BCUT2D eigenvalue weighted by atomic mass is 10.1. The first-order valence-corrected chi connectivity index (χ1v) is 15.1. The molecule has 0 rings (SSSR count). The van der Waals surface area contributed by atoms with Crippen molar-refractivity contribution in [1.82, 2.24) is 5.32 Å². The standard InChI is InChI=1S/C32H55NO5/c1-3-5-7-9-11-12-13-15-17-23-27-32(37)38-29(24-20-16-14-10-8-6-4-2)25-21-18-19-22-26-30(34)33-28-31(35)36/h7,9-10,14,20,24,29H,3-6,8,11-13,15-19,21-23,25-28H2,1-2H3,(H,33,34)(H,35,36)/b9-7-,14-10-,24-20-. The number of hydrogen-bond donors (Lipinski definition) is 2. The Kier molecular flexibility index (Phi) is 25.9. The molecule has 0 aliphatic heterocycles. The number of carbonyl (C=O) groups is 3. The molecule has 0 aliphatic rings. The Morgan fingerprint density at radius 2 is 1.34 bits per heavy atom. The molecule has 0 saturated heterocycles. The van der Waals surface area contributed by atoms with E-state index in [4.69, 9.17) is 9.84 Å². The molecule has 0 fully saturated rings. The lowest BCUT2D eigenvalue weighted by molar-refractivity contribution is -0.147. The minimum Gasteiger partial charge on any atom is -0.480 e. The number of carboxylic acid groups (broad SMARTS) is 1. The van der Waals surface area contributed by atoms with Crippen LogP contribution in [0.25, 0.3) is 0 Å². The number of amides is 1. The third-order valence-corrected chi connectivity index (χ3v) is 6.25. The molecule has 0 radical (unpaired) electrons. The Labute approximate surface area is 232 Å². The maximum atomic E-state index is 12.5. The van der Waals surface area contributed by atoms with E-state index in [1.165, 1.54) is 38.5 Å². The van der Waals surface area contributed by atoms with Gasteiger partial charge in [0.1, 0.15) is 12.6 Å². The van der Waals surface area contributed by atoms with Gasteiger partial charge in [0.2, 0.25) is 5.91 Å². The molecular formula is C32H55NO5. The Bertz CT molecular complexity index is 683. The molecule has 0 aromatic heterocycles. The number of aliphatic carboxylic acids is 1. The summed E-state index contributed by atoms with van der Waals surface area (Å²) in [5.41, 5.74) is 0. The van der Waals surface area contributed by atoms with E-state index in [0.717, 1.165) is 70.6 Å². The monoisotopic (exact) mass is 533 g/mol. The molecule has 1 amide bonds. The number of hydrogen-bond acceptors (Lipinski definition) is 4. The van der Waals surface area contributed by atoms with Crippen LogP contribution in [0, 0.1) is 0 Å². The maximum absolute atomic E-state index is 12.5. The second-order valence-electron chi connectivity index (χ2n) is 10.00. The fraction of sp³-hybridized carbons (Fsp3) is 0.719. The van der Waals surface area contributed by atoms with Crippen molar-refractivity contribution in [2.75, 3.05) is 6.54 Å². The third kappa shape index (κ3) is 26.7. The second kappa shape index (κ2) is 27.7. The minimum absolute atomic E-state index is 0.115. The van der Waals surface area contributed by atoms with Crippen LogP contribution in [-0.4, -0.2) is 35.6 Å². The van der Waals surface area contributed by atoms with Gasteiger partial charge in [-0.1, -0.05) is 95.6 Å². The summed E-state index contributed by atoms with van der Waals surface area (Å²) in [4.78, 5) is 34.5. The zero-order valence-electron chi connectivity index (χ0n) is 24.3. The number of unbranched alkanes of at least 4 members (excludes halogenated alkanes) is 11. The van der Waals surface area contributed by atoms with E-state index in [0.29, 0.717) is 12.8 Å². The average Bonchev–Trinajstić information content (AvgIpc) is 2.89. The van der Waals surface area contributed by atoms with Crippen molar-refractivity contribution in [1.29, 1.82) is 0 Å². The highest BCUT2D eigenvalue weighted by Crippen LogP contribution is 2.14. The molecule has 0 aromatic carbocycles. The van der Waals surface area contributed by atoms with Crippen LogP contribution < -0.4 is 5.32 Å². The number of rotatable bonds is 26. The predicted octanol–water partition coefficient (Wildman–Crippen LogP) is 8.22. The van der Waals surface area contributed by atoms with E-state index in [1.807, 2.05) is 6.08 Å². The molecule has 0 heterocycles. The van der Waals surface area contributed by atoms with E-state index in [2.05, 4.69) is 49.5 Å². The van der Waals surface area contributed by atoms with Crippen LogP contribution in [0.2, 0.25) is 0 Å². The highest BCUT2D eigenvalue weighted by Gasteiger charge is 2.11. The lowest BCUT2D eigenvalue weighted by Crippen LogP contribution is -2.28. The van der Waals surface area contributed by atoms with Crippen LogP contribution in [0.5, 0.6) is 0 Å². The number of ether oxygens (including phenoxy) is 1. The summed E-state index contributed by atoms with van der Waals surface area (Å²) < 4.78 is 5.80. The Hall–Kier alpha value is -2.37. The fourth-order valence-electron chi connectivity index (χ4n) is 3.98. The topological polar surface area (TPSA) is 92.7 Å². The molecule has 6 nitrogen and oxygen atoms in total. The van der Waals surface area contributed by atoms with Gasteiger partial charge in [0.05, 0.1) is 0 Å². The minimum atomic E-state index is -1.03. The van der Waals surface area contributed by atoms with Crippen molar-refractivity contribution in [2.45, 2.75) is 142 Å². The molecule has 0 saturated carbocycles. The summed E-state index contributed by atoms with van der Waals surface area (Å²) >= 11 is 0. The number of esters is 1. The largest absolute Gasteiger partial charge is 0.480 e. The van der Waals surface area contributed by atoms with Crippen molar-refractivity contribution >= 4 is 17.8 Å². The number of carbonyl (C=O) groups excluding carboxylic acids is 2. The number of nitrogens with one attached hydrogen (secondary N) is 1. The summed E-state index contributed by atoms with van der Waals surface area (Å²) in [5.74, 6) is -1.37. The fourth-order valence-corrected chi connectivity index (χ4v) is 3.98. The first kappa shape index (κ1) is 35.6. The van der Waals surface area contributed by atoms with Crippen molar-refractivity contribution in [3.63, 3.8) is 0 Å². The van der Waals surface area contributed by atoms with Gasteiger partial charge < -0.3 is 15.2 Å². The van der Waals surface area contributed by atoms with Crippen LogP contribution >= 0.6 is 0 Å². The quantitative estimate of drug-likeness (QED) is 0.0664. The van der Waals surface area contributed by atoms with Gasteiger partial charge in [-0.3, -0.25) is 14.4 Å². The van der Waals surface area contributed by atoms with Gasteiger partial charge >= 0.3 is 11.9 Å². The van der Waals surface area contributed by atoms with Gasteiger partial charge in [0.25, 0.3) is 0 Å². The lowest BCUT2D eigenvalue weighted by Gasteiger charge is -2.14. The Morgan fingerprint density at radius 1 is 0.711 bits per heavy atom. The molecule has 0 aliphatic carbocycles. The summed E-state index contributed by atoms with van der Waals surface area (Å²) in [6.07, 6.45) is 31.3. The zero-order valence-corrected chi connectivity index (χ0v) is 24.3. The molecule has 0 aromatic rings. The molecule has 0 bridgehead atoms. The van der Waals surface area contributed by atoms with E-state index < -0.39 is 5.97 Å². The molecular weight excluding hydrogens is 478 g/mol. The highest BCUT2D eigenvalue weighted by molar-refractivity contribution is 5.80. The van der Waals surface area contributed by atoms with E-state index >= 15 is 0 Å². The van der Waals surface area contributed by atoms with Crippen molar-refractivity contribution in [3.8, 4) is 0 Å². The average molecular weight is 534 g/mol. The summed E-state index contributed by atoms with van der Waals surface area (Å²) in [7, 11) is 0. The van der Waals surface area contributed by atoms with Gasteiger partial charge in [0, 0.05) is 12.8 Å². The normalized spacial score (nSPS) is 12.5. The van der Waals surface area contributed by atoms with Gasteiger partial charge in [-0.2, -0.15) is 0 Å². The van der Waals surface area contributed by atoms with Gasteiger partial charge in [-0.25, -0.2) is 0 Å². The Morgan fingerprint density at radius 3 is 2.08 bits per heavy atom. The smallest absolute Gasteiger partial charge is 0.322 e. The molecule has 38 heavy (non-hydrogen) atoms. The summed E-state index contributed by atoms with van der Waals surface area (Å²) in [5, 5.41) is 11.0. The molecule has 2 N–H and O–H groups in total. The second-order valence-corrected chi connectivity index (χ2v) is 10.00. The number of carboxylic acids is 1. The molecule has 218 valence electrons. The van der Waals surface area contributed by atoms with Gasteiger partial charge in [-0.05, 0) is 63.9 Å². The third-order valence-electron chi connectivity index (χ3n) is 6.25. The van der Waals surface area contributed by atoms with Gasteiger partial charge in [0.15, 0.2) is 0 Å². The Balaban J connectivity index is 4.27. The maximum Gasteiger partial charge on any atom is 0.322 e. The van der Waals surface area contributed by atoms with Crippen molar-refractivity contribution < 1.29 is 24.2 Å². The van der Waals surface area contributed by atoms with Crippen LogP contribution in [-0.2, 0) is 19.1 Å². The summed E-state index contributed by atoms with van der Waals surface area (Å²) in [6.45, 7) is 4.05. The van der Waals surface area contributed by atoms with E-state index in [1.54, 1.807) is 0 Å². The first-order valence-electron chi connectivity index (χ1n) is 15.1. The molecule has 0 spiro atoms. The zero-order chi connectivity index (χ0) is 28.1. The van der Waals surface area contributed by atoms with Crippen LogP contribution in [0.15, 0.2) is 36.5 Å². The highest BCUT2D eigenvalue weighted by atomic mass is 16.5. The van der Waals surface area contributed by atoms with Gasteiger partial charge in [-0.15, -0.1) is 0 Å². The van der Waals surface area contributed by atoms with Crippen molar-refractivity contribution in [3.05, 3.63) is 36.5 Å². The van der Waals surface area contributed by atoms with E-state index in [9.17, 15) is 14.4 Å². The van der Waals surface area contributed by atoms with Crippen LogP contribution in [0.1, 0.15) is 136 Å². The predicted molar refractivity (Wildman–Crippen MR) is 157 cm³/mol. The SMILES string of the molecule is CCC/C=C\CCCCCCCC(=O)OC(/C=C\C/C=C\CCCC)CCCCCCC(=O)NCC(=O)O. The van der Waals surface area contributed by atoms with Crippen molar-refractivity contribution in [2.24, 2.45) is 0 Å². The number of allylic oxidation sites excluding steroid dienone is 5. The molecule has 1 unspecified atom stereocenters. The molecule has 6 heteroatoms. The van der Waals surface area contributed by atoms with Crippen LogP contribution in [0.3, 0.4) is 0 Å². The molecule has 1 atom stereocenters.